The third-order valence-corrected chi connectivity index (χ3v) is 7.62. The molecule has 0 aromatic rings. The SMILES string of the molecule is CN(C[C@H](N)C(=O)N1C[C@H]2[C@@H]([C@H]1C(=O)N[C@H](C#N)C[C@@H]1CC(C)(C)NC1=O)C2(C)C)CC(F)(F)F. The second-order valence-corrected chi connectivity index (χ2v) is 11.5. The van der Waals surface area contributed by atoms with E-state index >= 15 is 0 Å². The molecule has 12 heteroatoms. The maximum Gasteiger partial charge on any atom is 0.401 e. The Kier molecular flexibility index (Phi) is 7.18. The van der Waals surface area contributed by atoms with Crippen molar-refractivity contribution in [1.29, 1.82) is 5.26 Å². The second-order valence-electron chi connectivity index (χ2n) is 11.5. The van der Waals surface area contributed by atoms with Crippen molar-refractivity contribution in [3.8, 4) is 6.07 Å². The lowest BCUT2D eigenvalue weighted by molar-refractivity contribution is -0.148. The van der Waals surface area contributed by atoms with Crippen molar-refractivity contribution in [3.05, 3.63) is 0 Å². The number of likely N-dealkylation sites (tertiary alicyclic amines) is 1. The van der Waals surface area contributed by atoms with Gasteiger partial charge in [-0.2, -0.15) is 18.4 Å². The molecule has 0 bridgehead atoms. The van der Waals surface area contributed by atoms with Crippen LogP contribution in [0.4, 0.5) is 13.2 Å². The standard InChI is InChI=1S/C23H35F3N6O3/c1-21(2)7-12(18(33)30-21)6-13(8-27)29-19(34)17-16-14(22(16,3)4)9-32(17)20(35)15(28)10-31(5)11-23(24,25)26/h12-17H,6-7,9-11,28H2,1-5H3,(H,29,34)(H,30,33)/t12-,13+,14+,15+,16+,17+/m1/s1. The van der Waals surface area contributed by atoms with Gasteiger partial charge in [-0.25, -0.2) is 0 Å². The number of nitriles is 1. The van der Waals surface area contributed by atoms with E-state index in [0.29, 0.717) is 6.42 Å². The van der Waals surface area contributed by atoms with Crippen LogP contribution >= 0.6 is 0 Å². The van der Waals surface area contributed by atoms with Gasteiger partial charge in [0.25, 0.3) is 0 Å². The van der Waals surface area contributed by atoms with Crippen LogP contribution in [0, 0.1) is 34.5 Å². The minimum atomic E-state index is -4.42. The lowest BCUT2D eigenvalue weighted by atomic mass is 9.91. The number of fused-ring (bicyclic) bond motifs is 1. The Morgan fingerprint density at radius 1 is 1.34 bits per heavy atom. The Labute approximate surface area is 203 Å². The third kappa shape index (κ3) is 5.89. The zero-order chi connectivity index (χ0) is 26.5. The molecule has 3 aliphatic rings. The molecule has 35 heavy (non-hydrogen) atoms. The van der Waals surface area contributed by atoms with Crippen LogP contribution in [0.1, 0.15) is 40.5 Å². The Hall–Kier alpha value is -2.39. The summed E-state index contributed by atoms with van der Waals surface area (Å²) in [4.78, 5) is 40.9. The first kappa shape index (κ1) is 27.2. The molecule has 1 aliphatic carbocycles. The van der Waals surface area contributed by atoms with Crippen LogP contribution < -0.4 is 16.4 Å². The van der Waals surface area contributed by atoms with Crippen LogP contribution in [0.15, 0.2) is 0 Å². The Balaban J connectivity index is 1.68. The van der Waals surface area contributed by atoms with Gasteiger partial charge in [-0.15, -0.1) is 0 Å². The van der Waals surface area contributed by atoms with E-state index in [9.17, 15) is 32.8 Å². The fourth-order valence-electron chi connectivity index (χ4n) is 5.88. The lowest BCUT2D eigenvalue weighted by Crippen LogP contribution is -2.57. The third-order valence-electron chi connectivity index (χ3n) is 7.62. The number of hydrogen-bond acceptors (Lipinski definition) is 6. The van der Waals surface area contributed by atoms with Gasteiger partial charge in [0.15, 0.2) is 0 Å². The number of piperidine rings is 1. The lowest BCUT2D eigenvalue weighted by Gasteiger charge is -2.33. The van der Waals surface area contributed by atoms with Crippen molar-refractivity contribution < 1.29 is 27.6 Å². The number of hydrogen-bond donors (Lipinski definition) is 3. The number of rotatable bonds is 8. The summed E-state index contributed by atoms with van der Waals surface area (Å²) in [5.41, 5.74) is 5.38. The van der Waals surface area contributed by atoms with Crippen molar-refractivity contribution in [3.63, 3.8) is 0 Å². The molecule has 196 valence electrons. The van der Waals surface area contributed by atoms with E-state index in [2.05, 4.69) is 10.6 Å². The predicted octanol–water partition coefficient (Wildman–Crippen LogP) is 0.604. The summed E-state index contributed by atoms with van der Waals surface area (Å²) in [5, 5.41) is 15.2. The minimum absolute atomic E-state index is 0.0595. The molecule has 2 heterocycles. The first-order valence-corrected chi connectivity index (χ1v) is 11.8. The summed E-state index contributed by atoms with van der Waals surface area (Å²) >= 11 is 0. The largest absolute Gasteiger partial charge is 0.401 e. The van der Waals surface area contributed by atoms with E-state index in [1.54, 1.807) is 0 Å². The van der Waals surface area contributed by atoms with Crippen molar-refractivity contribution in [2.24, 2.45) is 28.9 Å². The smallest absolute Gasteiger partial charge is 0.351 e. The summed E-state index contributed by atoms with van der Waals surface area (Å²) in [7, 11) is 1.23. The van der Waals surface area contributed by atoms with Gasteiger partial charge in [0.1, 0.15) is 12.1 Å². The molecule has 1 saturated carbocycles. The maximum absolute atomic E-state index is 13.3. The molecule has 0 aromatic heterocycles. The molecule has 0 aromatic carbocycles. The zero-order valence-corrected chi connectivity index (χ0v) is 20.8. The highest BCUT2D eigenvalue weighted by molar-refractivity contribution is 5.92. The molecular formula is C23H35F3N6O3. The number of halogens is 3. The topological polar surface area (TPSA) is 132 Å². The van der Waals surface area contributed by atoms with E-state index < -0.39 is 48.6 Å². The average Bonchev–Trinajstić information content (AvgIpc) is 3.01. The number of carbonyl (C=O) groups excluding carboxylic acids is 3. The maximum atomic E-state index is 13.3. The number of amides is 3. The van der Waals surface area contributed by atoms with Gasteiger partial charge >= 0.3 is 6.18 Å². The van der Waals surface area contributed by atoms with E-state index in [-0.39, 0.29) is 48.2 Å². The van der Waals surface area contributed by atoms with Crippen LogP contribution in [0.2, 0.25) is 0 Å². The van der Waals surface area contributed by atoms with E-state index in [1.165, 1.54) is 11.9 Å². The molecule has 3 rings (SSSR count). The molecule has 0 spiro atoms. The summed E-state index contributed by atoms with van der Waals surface area (Å²) < 4.78 is 38.0. The highest BCUT2D eigenvalue weighted by atomic mass is 19.4. The Morgan fingerprint density at radius 3 is 2.49 bits per heavy atom. The molecule has 6 atom stereocenters. The van der Waals surface area contributed by atoms with Gasteiger partial charge in [0.2, 0.25) is 17.7 Å². The summed E-state index contributed by atoms with van der Waals surface area (Å²) in [5.74, 6) is -1.76. The van der Waals surface area contributed by atoms with Crippen LogP contribution in [0.5, 0.6) is 0 Å². The second kappa shape index (κ2) is 9.24. The molecule has 2 aliphatic heterocycles. The van der Waals surface area contributed by atoms with E-state index in [1.807, 2.05) is 33.8 Å². The fraction of sp³-hybridized carbons (Fsp3) is 0.826. The van der Waals surface area contributed by atoms with Gasteiger partial charge < -0.3 is 21.3 Å². The molecule has 2 saturated heterocycles. The van der Waals surface area contributed by atoms with E-state index in [4.69, 9.17) is 5.73 Å². The number of nitrogens with one attached hydrogen (secondary N) is 2. The van der Waals surface area contributed by atoms with Crippen molar-refractivity contribution in [1.82, 2.24) is 20.4 Å². The normalized spacial score (nSPS) is 30.3. The fourth-order valence-corrected chi connectivity index (χ4v) is 5.88. The Bertz CT molecular complexity index is 915. The van der Waals surface area contributed by atoms with Gasteiger partial charge in [-0.05, 0) is 51.0 Å². The highest BCUT2D eigenvalue weighted by Gasteiger charge is 2.69. The number of likely N-dealkylation sites (N-methyl/N-ethyl adjacent to an activating group) is 1. The summed E-state index contributed by atoms with van der Waals surface area (Å²) in [6, 6.07) is -0.975. The van der Waals surface area contributed by atoms with Crippen LogP contribution in [0.25, 0.3) is 0 Å². The molecule has 4 N–H and O–H groups in total. The van der Waals surface area contributed by atoms with Gasteiger partial charge in [-0.3, -0.25) is 19.3 Å². The van der Waals surface area contributed by atoms with Crippen LogP contribution in [0.3, 0.4) is 0 Å². The summed E-state index contributed by atoms with van der Waals surface area (Å²) in [6.45, 7) is 6.53. The molecule has 3 amide bonds. The van der Waals surface area contributed by atoms with Crippen molar-refractivity contribution in [2.45, 2.75) is 70.4 Å². The Morgan fingerprint density at radius 2 is 1.97 bits per heavy atom. The number of carbonyl (C=O) groups is 3. The first-order chi connectivity index (χ1) is 16.0. The first-order valence-electron chi connectivity index (χ1n) is 11.8. The van der Waals surface area contributed by atoms with Gasteiger partial charge in [-0.1, -0.05) is 13.8 Å². The van der Waals surface area contributed by atoms with Crippen molar-refractivity contribution in [2.75, 3.05) is 26.7 Å². The van der Waals surface area contributed by atoms with Crippen molar-refractivity contribution >= 4 is 17.7 Å². The molecule has 9 nitrogen and oxygen atoms in total. The predicted molar refractivity (Wildman–Crippen MR) is 120 cm³/mol. The van der Waals surface area contributed by atoms with Gasteiger partial charge in [0.05, 0.1) is 18.7 Å². The number of alkyl halides is 3. The summed E-state index contributed by atoms with van der Waals surface area (Å²) in [6.07, 6.45) is -3.74. The number of nitrogens with zero attached hydrogens (tertiary/aromatic N) is 3. The van der Waals surface area contributed by atoms with Crippen LogP contribution in [-0.4, -0.2) is 84.0 Å². The molecule has 3 fully saturated rings. The molecule has 0 radical (unpaired) electrons. The molecular weight excluding hydrogens is 465 g/mol. The van der Waals surface area contributed by atoms with Gasteiger partial charge in [0, 0.05) is 24.5 Å². The minimum Gasteiger partial charge on any atom is -0.351 e. The zero-order valence-electron chi connectivity index (χ0n) is 20.8. The monoisotopic (exact) mass is 500 g/mol. The quantitative estimate of drug-likeness (QED) is 0.447. The highest BCUT2D eigenvalue weighted by Crippen LogP contribution is 2.64. The molecule has 0 unspecified atom stereocenters. The van der Waals surface area contributed by atoms with E-state index in [0.717, 1.165) is 4.90 Å². The van der Waals surface area contributed by atoms with Crippen LogP contribution in [-0.2, 0) is 14.4 Å². The average molecular weight is 501 g/mol. The number of nitrogens with two attached hydrogens (primary N) is 1.